The number of aromatic nitrogens is 3. The maximum absolute atomic E-state index is 13.5. The van der Waals surface area contributed by atoms with Gasteiger partial charge in [-0.3, -0.25) is 14.6 Å². The summed E-state index contributed by atoms with van der Waals surface area (Å²) in [6.45, 7) is 0. The van der Waals surface area contributed by atoms with Gasteiger partial charge in [-0.15, -0.1) is 0 Å². The van der Waals surface area contributed by atoms with E-state index >= 15 is 0 Å². The molecule has 0 aliphatic carbocycles. The summed E-state index contributed by atoms with van der Waals surface area (Å²) in [5.74, 6) is -0.525. The number of anilines is 1. The van der Waals surface area contributed by atoms with Crippen molar-refractivity contribution in [3.63, 3.8) is 0 Å². The number of amides is 1. The van der Waals surface area contributed by atoms with Gasteiger partial charge in [0, 0.05) is 22.7 Å². The maximum atomic E-state index is 13.5. The van der Waals surface area contributed by atoms with Crippen molar-refractivity contribution in [1.82, 2.24) is 15.2 Å². The minimum atomic E-state index is -0.561. The highest BCUT2D eigenvalue weighted by molar-refractivity contribution is 6.12. The standard InChI is InChI=1S/C26H18N4O2/c31-25(28-20-15-7-13-18-14-8-16-27-23(18)20)22-21(17-9-3-1-4-10-17)24(29-30-26(22)32)19-11-5-2-6-12-19/h1-16H,(H,28,31)(H,30,32). The molecule has 2 heterocycles. The molecule has 2 aromatic heterocycles. The lowest BCUT2D eigenvalue weighted by Crippen LogP contribution is -2.26. The van der Waals surface area contributed by atoms with Crippen molar-refractivity contribution in [1.29, 1.82) is 0 Å². The van der Waals surface area contributed by atoms with Gasteiger partial charge in [0.1, 0.15) is 5.56 Å². The van der Waals surface area contributed by atoms with Crippen LogP contribution in [0.25, 0.3) is 33.3 Å². The van der Waals surface area contributed by atoms with Crippen molar-refractivity contribution in [3.8, 4) is 22.4 Å². The maximum Gasteiger partial charge on any atom is 0.277 e. The van der Waals surface area contributed by atoms with Crippen LogP contribution >= 0.6 is 0 Å². The van der Waals surface area contributed by atoms with Crippen molar-refractivity contribution < 1.29 is 4.79 Å². The molecule has 0 aliphatic rings. The first kappa shape index (κ1) is 19.4. The number of fused-ring (bicyclic) bond motifs is 1. The van der Waals surface area contributed by atoms with Crippen molar-refractivity contribution in [2.75, 3.05) is 5.32 Å². The summed E-state index contributed by atoms with van der Waals surface area (Å²) in [6.07, 6.45) is 1.67. The molecule has 3 aromatic carbocycles. The van der Waals surface area contributed by atoms with Gasteiger partial charge in [0.25, 0.3) is 11.5 Å². The van der Waals surface area contributed by atoms with Crippen LogP contribution < -0.4 is 10.9 Å². The smallest absolute Gasteiger partial charge is 0.277 e. The Morgan fingerprint density at radius 1 is 0.781 bits per heavy atom. The molecule has 32 heavy (non-hydrogen) atoms. The van der Waals surface area contributed by atoms with E-state index in [-0.39, 0.29) is 5.56 Å². The highest BCUT2D eigenvalue weighted by Gasteiger charge is 2.23. The predicted molar refractivity (Wildman–Crippen MR) is 125 cm³/mol. The normalized spacial score (nSPS) is 10.8. The number of rotatable bonds is 4. The number of para-hydroxylation sites is 1. The number of carbonyl (C=O) groups excluding carboxylic acids is 1. The topological polar surface area (TPSA) is 87.7 Å². The molecule has 0 bridgehead atoms. The van der Waals surface area contributed by atoms with Crippen LogP contribution in [0.5, 0.6) is 0 Å². The molecule has 0 fully saturated rings. The fourth-order valence-corrected chi connectivity index (χ4v) is 3.75. The second kappa shape index (κ2) is 8.28. The lowest BCUT2D eigenvalue weighted by molar-refractivity contribution is 0.102. The van der Waals surface area contributed by atoms with Gasteiger partial charge in [-0.25, -0.2) is 5.10 Å². The SMILES string of the molecule is O=C(Nc1cccc2cccnc12)c1c(-c2ccccc2)c(-c2ccccc2)n[nH]c1=O. The molecular formula is C26H18N4O2. The molecule has 5 aromatic rings. The lowest BCUT2D eigenvalue weighted by atomic mass is 9.95. The van der Waals surface area contributed by atoms with Crippen molar-refractivity contribution >= 4 is 22.5 Å². The summed E-state index contributed by atoms with van der Waals surface area (Å²) in [7, 11) is 0. The second-order valence-corrected chi connectivity index (χ2v) is 7.22. The third-order valence-corrected chi connectivity index (χ3v) is 5.20. The number of H-pyrrole nitrogens is 1. The van der Waals surface area contributed by atoms with Crippen LogP contribution in [-0.4, -0.2) is 21.1 Å². The molecule has 2 N–H and O–H groups in total. The van der Waals surface area contributed by atoms with Gasteiger partial charge < -0.3 is 5.32 Å². The van der Waals surface area contributed by atoms with Gasteiger partial charge in [-0.2, -0.15) is 5.10 Å². The molecule has 0 saturated carbocycles. The quantitative estimate of drug-likeness (QED) is 0.434. The average molecular weight is 418 g/mol. The Labute approximate surface area is 183 Å². The minimum absolute atomic E-state index is 0.00186. The van der Waals surface area contributed by atoms with Crippen LogP contribution in [0.2, 0.25) is 0 Å². The van der Waals surface area contributed by atoms with Gasteiger partial charge >= 0.3 is 0 Å². The highest BCUT2D eigenvalue weighted by Crippen LogP contribution is 2.32. The third-order valence-electron chi connectivity index (χ3n) is 5.20. The summed E-state index contributed by atoms with van der Waals surface area (Å²) >= 11 is 0. The van der Waals surface area contributed by atoms with Crippen molar-refractivity contribution in [2.24, 2.45) is 0 Å². The Kier molecular flexibility index (Phi) is 5.01. The number of benzene rings is 3. The summed E-state index contributed by atoms with van der Waals surface area (Å²) in [5.41, 5.74) is 3.15. The number of nitrogens with zero attached hydrogens (tertiary/aromatic N) is 2. The Morgan fingerprint density at radius 3 is 2.22 bits per heavy atom. The molecule has 0 radical (unpaired) electrons. The molecule has 0 aliphatic heterocycles. The molecule has 0 unspecified atom stereocenters. The van der Waals surface area contributed by atoms with Crippen LogP contribution in [-0.2, 0) is 0 Å². The van der Waals surface area contributed by atoms with E-state index in [1.54, 1.807) is 12.3 Å². The monoisotopic (exact) mass is 418 g/mol. The molecule has 6 heteroatoms. The van der Waals surface area contributed by atoms with Crippen LogP contribution in [0.15, 0.2) is 102 Å². The van der Waals surface area contributed by atoms with Crippen LogP contribution in [0.1, 0.15) is 10.4 Å². The Morgan fingerprint density at radius 2 is 1.47 bits per heavy atom. The second-order valence-electron chi connectivity index (χ2n) is 7.22. The summed E-state index contributed by atoms with van der Waals surface area (Å²) in [6, 6.07) is 28.1. The van der Waals surface area contributed by atoms with Gasteiger partial charge in [0.2, 0.25) is 0 Å². The zero-order valence-corrected chi connectivity index (χ0v) is 16.9. The van der Waals surface area contributed by atoms with E-state index in [4.69, 9.17) is 0 Å². The zero-order chi connectivity index (χ0) is 21.9. The lowest BCUT2D eigenvalue weighted by Gasteiger charge is -2.14. The Hall–Kier alpha value is -4.58. The molecule has 0 atom stereocenters. The fraction of sp³-hybridized carbons (Fsp3) is 0. The van der Waals surface area contributed by atoms with E-state index in [0.717, 1.165) is 16.5 Å². The Bertz CT molecular complexity index is 1470. The van der Waals surface area contributed by atoms with E-state index in [1.807, 2.05) is 84.9 Å². The predicted octanol–water partition coefficient (Wildman–Crippen LogP) is 4.90. The van der Waals surface area contributed by atoms with Crippen molar-refractivity contribution in [3.05, 3.63) is 113 Å². The van der Waals surface area contributed by atoms with Gasteiger partial charge in [0.15, 0.2) is 0 Å². The molecule has 1 amide bonds. The third kappa shape index (κ3) is 3.54. The number of aromatic amines is 1. The molecular weight excluding hydrogens is 400 g/mol. The zero-order valence-electron chi connectivity index (χ0n) is 16.9. The summed E-state index contributed by atoms with van der Waals surface area (Å²) in [5, 5.41) is 10.6. The first-order chi connectivity index (χ1) is 15.7. The summed E-state index contributed by atoms with van der Waals surface area (Å²) < 4.78 is 0. The molecule has 5 rings (SSSR count). The van der Waals surface area contributed by atoms with Gasteiger partial charge in [-0.05, 0) is 17.7 Å². The van der Waals surface area contributed by atoms with E-state index in [9.17, 15) is 9.59 Å². The van der Waals surface area contributed by atoms with Crippen LogP contribution in [0.4, 0.5) is 5.69 Å². The number of nitrogens with one attached hydrogen (secondary N) is 2. The van der Waals surface area contributed by atoms with Crippen molar-refractivity contribution in [2.45, 2.75) is 0 Å². The number of hydrogen-bond donors (Lipinski definition) is 2. The first-order valence-corrected chi connectivity index (χ1v) is 10.1. The highest BCUT2D eigenvalue weighted by atomic mass is 16.2. The number of carbonyl (C=O) groups is 1. The first-order valence-electron chi connectivity index (χ1n) is 10.1. The van der Waals surface area contributed by atoms with Crippen LogP contribution in [0, 0.1) is 0 Å². The minimum Gasteiger partial charge on any atom is -0.320 e. The van der Waals surface area contributed by atoms with Gasteiger partial charge in [-0.1, -0.05) is 78.9 Å². The molecule has 154 valence electrons. The molecule has 0 saturated heterocycles. The fourth-order valence-electron chi connectivity index (χ4n) is 3.75. The van der Waals surface area contributed by atoms with E-state index in [0.29, 0.717) is 22.5 Å². The van der Waals surface area contributed by atoms with E-state index < -0.39 is 11.5 Å². The average Bonchev–Trinajstić information content (AvgIpc) is 2.85. The largest absolute Gasteiger partial charge is 0.320 e. The van der Waals surface area contributed by atoms with Crippen LogP contribution in [0.3, 0.4) is 0 Å². The van der Waals surface area contributed by atoms with E-state index in [1.165, 1.54) is 0 Å². The number of hydrogen-bond acceptors (Lipinski definition) is 4. The summed E-state index contributed by atoms with van der Waals surface area (Å²) in [4.78, 5) is 30.8. The van der Waals surface area contributed by atoms with E-state index in [2.05, 4.69) is 20.5 Å². The molecule has 6 nitrogen and oxygen atoms in total. The number of pyridine rings is 1. The van der Waals surface area contributed by atoms with Gasteiger partial charge in [0.05, 0.1) is 16.9 Å². The Balaban J connectivity index is 1.70. The molecule has 0 spiro atoms.